The van der Waals surface area contributed by atoms with Crippen molar-refractivity contribution in [1.82, 2.24) is 0 Å². The van der Waals surface area contributed by atoms with Crippen LogP contribution >= 0.6 is 0 Å². The highest BCUT2D eigenvalue weighted by atomic mass is 16.4. The van der Waals surface area contributed by atoms with E-state index < -0.39 is 31.0 Å². The summed E-state index contributed by atoms with van der Waals surface area (Å²) in [5, 5.41) is 44.2. The molecule has 0 rings (SSSR count). The van der Waals surface area contributed by atoms with Gasteiger partial charge in [-0.05, 0) is 0 Å². The zero-order valence-corrected chi connectivity index (χ0v) is 7.04. The minimum atomic E-state index is -1.59. The van der Waals surface area contributed by atoms with E-state index in [2.05, 4.69) is 0 Å². The summed E-state index contributed by atoms with van der Waals surface area (Å²) in [6, 6.07) is 0. The van der Waals surface area contributed by atoms with E-state index in [0.717, 1.165) is 0 Å². The molecule has 4 atom stereocenters. The Labute approximate surface area is 75.4 Å². The summed E-state index contributed by atoms with van der Waals surface area (Å²) in [5.74, 6) is 0. The van der Waals surface area contributed by atoms with Gasteiger partial charge in [0.25, 0.3) is 0 Å². The summed E-state index contributed by atoms with van der Waals surface area (Å²) in [6.07, 6.45) is -5.91. The topological polar surface area (TPSA) is 159 Å². The van der Waals surface area contributed by atoms with Gasteiger partial charge in [0.15, 0.2) is 0 Å². The standard InChI is InChI=1S/C6H15NO5.H2O/c7-1-3(9)5(11)6(12)4(10)2-8;/h3-6,8-12H,1-2,7H2;1H2/t3-,4+,5+,6+;/m0./s1. The van der Waals surface area contributed by atoms with Gasteiger partial charge in [-0.25, -0.2) is 0 Å². The van der Waals surface area contributed by atoms with Crippen molar-refractivity contribution >= 4 is 0 Å². The van der Waals surface area contributed by atoms with E-state index in [1.165, 1.54) is 0 Å². The van der Waals surface area contributed by atoms with Gasteiger partial charge in [0, 0.05) is 6.54 Å². The summed E-state index contributed by atoms with van der Waals surface area (Å²) in [7, 11) is 0. The molecule has 0 aromatic rings. The summed E-state index contributed by atoms with van der Waals surface area (Å²) in [4.78, 5) is 0. The molecular weight excluding hydrogens is 182 g/mol. The summed E-state index contributed by atoms with van der Waals surface area (Å²) >= 11 is 0. The van der Waals surface area contributed by atoms with Crippen LogP contribution in [0.25, 0.3) is 0 Å². The molecule has 0 radical (unpaired) electrons. The van der Waals surface area contributed by atoms with Crippen molar-refractivity contribution in [2.45, 2.75) is 24.4 Å². The smallest absolute Gasteiger partial charge is 0.111 e. The van der Waals surface area contributed by atoms with E-state index in [0.29, 0.717) is 0 Å². The first kappa shape index (κ1) is 15.2. The zero-order chi connectivity index (χ0) is 9.72. The zero-order valence-electron chi connectivity index (χ0n) is 7.04. The number of hydrogen-bond acceptors (Lipinski definition) is 6. The van der Waals surface area contributed by atoms with Crippen LogP contribution in [-0.4, -0.2) is 68.6 Å². The van der Waals surface area contributed by atoms with E-state index in [-0.39, 0.29) is 12.0 Å². The van der Waals surface area contributed by atoms with Crippen molar-refractivity contribution in [3.63, 3.8) is 0 Å². The van der Waals surface area contributed by atoms with Crippen LogP contribution in [0.15, 0.2) is 0 Å². The molecule has 0 unspecified atom stereocenters. The summed E-state index contributed by atoms with van der Waals surface area (Å²) in [5.41, 5.74) is 4.99. The maximum absolute atomic E-state index is 9.04. The molecule has 7 heteroatoms. The Bertz CT molecular complexity index is 110. The molecule has 0 aliphatic heterocycles. The lowest BCUT2D eigenvalue weighted by molar-refractivity contribution is -0.112. The van der Waals surface area contributed by atoms with Crippen molar-refractivity contribution in [3.8, 4) is 0 Å². The number of nitrogens with two attached hydrogens (primary N) is 1. The molecule has 0 amide bonds. The molecule has 7 nitrogen and oxygen atoms in total. The number of rotatable bonds is 5. The molecule has 0 bridgehead atoms. The van der Waals surface area contributed by atoms with Gasteiger partial charge in [0.1, 0.15) is 18.3 Å². The van der Waals surface area contributed by atoms with Gasteiger partial charge in [-0.2, -0.15) is 0 Å². The molecule has 0 saturated carbocycles. The second-order valence-electron chi connectivity index (χ2n) is 2.53. The fourth-order valence-electron chi connectivity index (χ4n) is 0.703. The molecule has 82 valence electrons. The number of hydrogen-bond donors (Lipinski definition) is 6. The van der Waals surface area contributed by atoms with Gasteiger partial charge >= 0.3 is 0 Å². The first-order valence-corrected chi connectivity index (χ1v) is 3.57. The van der Waals surface area contributed by atoms with Crippen LogP contribution in [0.5, 0.6) is 0 Å². The Morgan fingerprint density at radius 1 is 0.923 bits per heavy atom. The second-order valence-corrected chi connectivity index (χ2v) is 2.53. The fraction of sp³-hybridized carbons (Fsp3) is 1.00. The lowest BCUT2D eigenvalue weighted by Gasteiger charge is -2.24. The molecule has 0 aromatic heterocycles. The lowest BCUT2D eigenvalue weighted by Crippen LogP contribution is -2.48. The Morgan fingerprint density at radius 3 is 1.62 bits per heavy atom. The highest BCUT2D eigenvalue weighted by molar-refractivity contribution is 4.80. The van der Waals surface area contributed by atoms with Crippen LogP contribution in [0, 0.1) is 0 Å². The van der Waals surface area contributed by atoms with Gasteiger partial charge < -0.3 is 36.7 Å². The summed E-state index contributed by atoms with van der Waals surface area (Å²) < 4.78 is 0. The molecule has 13 heavy (non-hydrogen) atoms. The third kappa shape index (κ3) is 4.48. The quantitative estimate of drug-likeness (QED) is 0.262. The molecule has 9 N–H and O–H groups in total. The number of aliphatic hydroxyl groups excluding tert-OH is 5. The Kier molecular flexibility index (Phi) is 8.37. The monoisotopic (exact) mass is 199 g/mol. The molecule has 0 aromatic carbocycles. The maximum atomic E-state index is 9.04. The third-order valence-corrected chi connectivity index (χ3v) is 1.57. The maximum Gasteiger partial charge on any atom is 0.111 e. The fourth-order valence-corrected chi connectivity index (χ4v) is 0.703. The third-order valence-electron chi connectivity index (χ3n) is 1.57. The van der Waals surface area contributed by atoms with Gasteiger partial charge in [-0.15, -0.1) is 0 Å². The molecule has 0 spiro atoms. The van der Waals surface area contributed by atoms with Crippen LogP contribution in [0.2, 0.25) is 0 Å². The van der Waals surface area contributed by atoms with Crippen LogP contribution in [-0.2, 0) is 0 Å². The van der Waals surface area contributed by atoms with Gasteiger partial charge in [-0.1, -0.05) is 0 Å². The summed E-state index contributed by atoms with van der Waals surface area (Å²) in [6.45, 7) is -0.911. The molecular formula is C6H17NO6. The predicted molar refractivity (Wildman–Crippen MR) is 43.8 cm³/mol. The predicted octanol–water partition coefficient (Wildman–Crippen LogP) is -4.44. The van der Waals surface area contributed by atoms with E-state index in [1.807, 2.05) is 0 Å². The Morgan fingerprint density at radius 2 is 1.31 bits per heavy atom. The Balaban J connectivity index is 0. The van der Waals surface area contributed by atoms with Crippen molar-refractivity contribution < 1.29 is 31.0 Å². The molecule has 0 saturated heterocycles. The largest absolute Gasteiger partial charge is 0.412 e. The average Bonchev–Trinajstić information content (AvgIpc) is 2.12. The van der Waals surface area contributed by atoms with Crippen molar-refractivity contribution in [1.29, 1.82) is 0 Å². The van der Waals surface area contributed by atoms with Crippen LogP contribution in [0.3, 0.4) is 0 Å². The first-order valence-electron chi connectivity index (χ1n) is 3.57. The van der Waals surface area contributed by atoms with Crippen LogP contribution < -0.4 is 5.73 Å². The van der Waals surface area contributed by atoms with Gasteiger partial charge in [-0.3, -0.25) is 0 Å². The molecule has 0 heterocycles. The first-order chi connectivity index (χ1) is 5.54. The van der Waals surface area contributed by atoms with Gasteiger partial charge in [0.05, 0.1) is 12.7 Å². The van der Waals surface area contributed by atoms with E-state index >= 15 is 0 Å². The van der Waals surface area contributed by atoms with E-state index in [4.69, 9.17) is 31.3 Å². The van der Waals surface area contributed by atoms with Crippen LogP contribution in [0.4, 0.5) is 0 Å². The van der Waals surface area contributed by atoms with Crippen molar-refractivity contribution in [2.24, 2.45) is 5.73 Å². The minimum absolute atomic E-state index is 0. The Hall–Kier alpha value is -0.280. The normalized spacial score (nSPS) is 19.8. The lowest BCUT2D eigenvalue weighted by atomic mass is 10.0. The molecule has 0 aliphatic carbocycles. The van der Waals surface area contributed by atoms with Crippen molar-refractivity contribution in [3.05, 3.63) is 0 Å². The van der Waals surface area contributed by atoms with E-state index in [9.17, 15) is 0 Å². The van der Waals surface area contributed by atoms with Gasteiger partial charge in [0.2, 0.25) is 0 Å². The average molecular weight is 199 g/mol. The SMILES string of the molecule is NC[C@H](O)[C@@H](O)[C@H](O)[C@H](O)CO.O. The van der Waals surface area contributed by atoms with Crippen molar-refractivity contribution in [2.75, 3.05) is 13.2 Å². The highest BCUT2D eigenvalue weighted by Crippen LogP contribution is 2.03. The minimum Gasteiger partial charge on any atom is -0.412 e. The van der Waals surface area contributed by atoms with Crippen LogP contribution in [0.1, 0.15) is 0 Å². The van der Waals surface area contributed by atoms with E-state index in [1.54, 1.807) is 0 Å². The highest BCUT2D eigenvalue weighted by Gasteiger charge is 2.28. The second kappa shape index (κ2) is 7.15. The molecule has 0 fully saturated rings. The number of aliphatic hydroxyl groups is 5. The molecule has 0 aliphatic rings.